The van der Waals surface area contributed by atoms with Crippen LogP contribution in [0.5, 0.6) is 0 Å². The van der Waals surface area contributed by atoms with E-state index in [1.165, 1.54) is 12.1 Å². The predicted molar refractivity (Wildman–Crippen MR) is 96.2 cm³/mol. The van der Waals surface area contributed by atoms with Crippen LogP contribution >= 0.6 is 11.3 Å². The monoisotopic (exact) mass is 358 g/mol. The van der Waals surface area contributed by atoms with Crippen LogP contribution in [0.15, 0.2) is 46.2 Å². The van der Waals surface area contributed by atoms with Gasteiger partial charge in [-0.25, -0.2) is 4.39 Å². The molecule has 1 unspecified atom stereocenters. The van der Waals surface area contributed by atoms with Gasteiger partial charge in [0, 0.05) is 31.9 Å². The number of nitrogens with zero attached hydrogens (tertiary/aromatic N) is 4. The molecule has 0 bridgehead atoms. The van der Waals surface area contributed by atoms with Crippen LogP contribution in [0.4, 0.5) is 10.1 Å². The summed E-state index contributed by atoms with van der Waals surface area (Å²) in [6.07, 6.45) is 0. The third-order valence-electron chi connectivity index (χ3n) is 4.58. The zero-order chi connectivity index (χ0) is 17.2. The molecule has 0 spiro atoms. The molecule has 1 fully saturated rings. The molecule has 0 aliphatic carbocycles. The van der Waals surface area contributed by atoms with Crippen molar-refractivity contribution >= 4 is 17.0 Å². The van der Waals surface area contributed by atoms with Crippen molar-refractivity contribution in [1.29, 1.82) is 0 Å². The summed E-state index contributed by atoms with van der Waals surface area (Å²) >= 11 is 1.59. The summed E-state index contributed by atoms with van der Waals surface area (Å²) in [5.74, 6) is 1.04. The summed E-state index contributed by atoms with van der Waals surface area (Å²) < 4.78 is 18.9. The number of hydrogen-bond acceptors (Lipinski definition) is 6. The van der Waals surface area contributed by atoms with Crippen LogP contribution in [0, 0.1) is 5.82 Å². The Balaban J connectivity index is 1.39. The van der Waals surface area contributed by atoms with Crippen molar-refractivity contribution < 1.29 is 8.81 Å². The van der Waals surface area contributed by atoms with Gasteiger partial charge in [-0.05, 0) is 42.6 Å². The maximum Gasteiger partial charge on any atom is 0.257 e. The van der Waals surface area contributed by atoms with Gasteiger partial charge in [0.25, 0.3) is 5.89 Å². The van der Waals surface area contributed by atoms with E-state index >= 15 is 0 Å². The van der Waals surface area contributed by atoms with Crippen molar-refractivity contribution in [2.24, 2.45) is 0 Å². The van der Waals surface area contributed by atoms with Crippen LogP contribution in [0.2, 0.25) is 0 Å². The Labute approximate surface area is 149 Å². The second kappa shape index (κ2) is 6.93. The number of piperazine rings is 1. The van der Waals surface area contributed by atoms with E-state index in [1.54, 1.807) is 11.3 Å². The largest absolute Gasteiger partial charge is 0.418 e. The quantitative estimate of drug-likeness (QED) is 0.709. The zero-order valence-electron chi connectivity index (χ0n) is 13.9. The number of halogens is 1. The lowest BCUT2D eigenvalue weighted by atomic mass is 10.2. The van der Waals surface area contributed by atoms with Gasteiger partial charge in [-0.15, -0.1) is 21.5 Å². The average molecular weight is 358 g/mol. The van der Waals surface area contributed by atoms with Crippen molar-refractivity contribution in [3.63, 3.8) is 0 Å². The zero-order valence-corrected chi connectivity index (χ0v) is 14.7. The molecule has 0 radical (unpaired) electrons. The molecule has 0 saturated carbocycles. The molecule has 1 atom stereocenters. The Morgan fingerprint density at radius 2 is 1.84 bits per heavy atom. The summed E-state index contributed by atoms with van der Waals surface area (Å²) in [5, 5.41) is 10.4. The fourth-order valence-electron chi connectivity index (χ4n) is 3.08. The van der Waals surface area contributed by atoms with Crippen LogP contribution in [-0.2, 0) is 0 Å². The molecule has 3 aromatic rings. The summed E-state index contributed by atoms with van der Waals surface area (Å²) in [6.45, 7) is 5.67. The van der Waals surface area contributed by atoms with E-state index in [1.807, 2.05) is 29.6 Å². The molecule has 0 amide bonds. The summed E-state index contributed by atoms with van der Waals surface area (Å²) in [5.41, 5.74) is 1.06. The highest BCUT2D eigenvalue weighted by atomic mass is 32.1. The van der Waals surface area contributed by atoms with Crippen LogP contribution in [-0.4, -0.2) is 41.3 Å². The Morgan fingerprint density at radius 1 is 1.08 bits per heavy atom. The van der Waals surface area contributed by atoms with Gasteiger partial charge in [-0.2, -0.15) is 0 Å². The molecule has 3 heterocycles. The minimum atomic E-state index is -0.200. The molecular weight excluding hydrogens is 339 g/mol. The third kappa shape index (κ3) is 3.43. The van der Waals surface area contributed by atoms with E-state index in [0.29, 0.717) is 11.8 Å². The molecule has 2 aromatic heterocycles. The first kappa shape index (κ1) is 16.2. The van der Waals surface area contributed by atoms with Crippen molar-refractivity contribution in [2.45, 2.75) is 13.0 Å². The molecular formula is C18H19FN4OS. The first-order chi connectivity index (χ1) is 12.2. The van der Waals surface area contributed by atoms with Gasteiger partial charge in [-0.1, -0.05) is 6.07 Å². The minimum Gasteiger partial charge on any atom is -0.418 e. The number of hydrogen-bond donors (Lipinski definition) is 0. The molecule has 4 rings (SSSR count). The Hall–Kier alpha value is -2.25. The Morgan fingerprint density at radius 3 is 2.52 bits per heavy atom. The van der Waals surface area contributed by atoms with E-state index in [9.17, 15) is 4.39 Å². The topological polar surface area (TPSA) is 45.4 Å². The molecule has 0 N–H and O–H groups in total. The average Bonchev–Trinajstić information content (AvgIpc) is 3.33. The number of anilines is 1. The van der Waals surface area contributed by atoms with Crippen molar-refractivity contribution in [3.8, 4) is 10.8 Å². The van der Waals surface area contributed by atoms with Gasteiger partial charge >= 0.3 is 0 Å². The van der Waals surface area contributed by atoms with E-state index in [4.69, 9.17) is 4.42 Å². The van der Waals surface area contributed by atoms with Crippen LogP contribution in [0.25, 0.3) is 10.8 Å². The first-order valence-corrected chi connectivity index (χ1v) is 9.20. The van der Waals surface area contributed by atoms with Gasteiger partial charge < -0.3 is 9.32 Å². The van der Waals surface area contributed by atoms with Crippen LogP contribution in [0.1, 0.15) is 18.9 Å². The molecule has 1 aromatic carbocycles. The maximum atomic E-state index is 13.1. The normalized spacial score (nSPS) is 17.0. The number of rotatable bonds is 4. The highest BCUT2D eigenvalue weighted by molar-refractivity contribution is 7.13. The van der Waals surface area contributed by atoms with E-state index in [0.717, 1.165) is 36.7 Å². The highest BCUT2D eigenvalue weighted by Crippen LogP contribution is 2.28. The van der Waals surface area contributed by atoms with Crippen LogP contribution in [0.3, 0.4) is 0 Å². The number of benzene rings is 1. The lowest BCUT2D eigenvalue weighted by Crippen LogP contribution is -2.47. The molecule has 25 heavy (non-hydrogen) atoms. The van der Waals surface area contributed by atoms with Crippen LogP contribution < -0.4 is 4.90 Å². The molecule has 1 saturated heterocycles. The van der Waals surface area contributed by atoms with Gasteiger partial charge in [0.2, 0.25) is 5.89 Å². The van der Waals surface area contributed by atoms with Gasteiger partial charge in [0.15, 0.2) is 0 Å². The predicted octanol–water partition coefficient (Wildman–Crippen LogP) is 3.82. The van der Waals surface area contributed by atoms with Crippen molar-refractivity contribution in [3.05, 3.63) is 53.5 Å². The first-order valence-electron chi connectivity index (χ1n) is 8.32. The lowest BCUT2D eigenvalue weighted by molar-refractivity contribution is 0.174. The van der Waals surface area contributed by atoms with Gasteiger partial charge in [0.1, 0.15) is 5.82 Å². The maximum absolute atomic E-state index is 13.1. The number of thiophene rings is 1. The molecule has 7 heteroatoms. The second-order valence-electron chi connectivity index (χ2n) is 6.10. The molecule has 1 aliphatic rings. The van der Waals surface area contributed by atoms with E-state index < -0.39 is 0 Å². The number of aromatic nitrogens is 2. The molecule has 5 nitrogen and oxygen atoms in total. The Kier molecular flexibility index (Phi) is 4.50. The van der Waals surface area contributed by atoms with Crippen molar-refractivity contribution in [2.75, 3.05) is 31.1 Å². The van der Waals surface area contributed by atoms with E-state index in [-0.39, 0.29) is 11.9 Å². The smallest absolute Gasteiger partial charge is 0.257 e. The fraction of sp³-hybridized carbons (Fsp3) is 0.333. The van der Waals surface area contributed by atoms with Gasteiger partial charge in [0.05, 0.1) is 10.9 Å². The third-order valence-corrected chi connectivity index (χ3v) is 5.44. The summed E-state index contributed by atoms with van der Waals surface area (Å²) in [7, 11) is 0. The standard InChI is InChI=1S/C18H19FN4OS/c1-13(17-20-21-18(24-17)16-3-2-12-25-16)22-8-10-23(11-9-22)15-6-4-14(19)5-7-15/h2-7,12-13H,8-11H2,1H3. The second-order valence-corrected chi connectivity index (χ2v) is 7.05. The fourth-order valence-corrected chi connectivity index (χ4v) is 3.72. The minimum absolute atomic E-state index is 0.0802. The molecule has 1 aliphatic heterocycles. The van der Waals surface area contributed by atoms with E-state index in [2.05, 4.69) is 26.9 Å². The summed E-state index contributed by atoms with van der Waals surface area (Å²) in [6, 6.07) is 10.7. The van der Waals surface area contributed by atoms with Crippen molar-refractivity contribution in [1.82, 2.24) is 15.1 Å². The SMILES string of the molecule is CC(c1nnc(-c2cccs2)o1)N1CCN(c2ccc(F)cc2)CC1. The Bertz CT molecular complexity index is 810. The lowest BCUT2D eigenvalue weighted by Gasteiger charge is -2.38. The molecule has 130 valence electrons. The summed E-state index contributed by atoms with van der Waals surface area (Å²) in [4.78, 5) is 5.60. The highest BCUT2D eigenvalue weighted by Gasteiger charge is 2.26. The van der Waals surface area contributed by atoms with Gasteiger partial charge in [-0.3, -0.25) is 4.90 Å².